The molecule has 0 bridgehead atoms. The molecule has 1 saturated heterocycles. The Bertz CT molecular complexity index is 869. The summed E-state index contributed by atoms with van der Waals surface area (Å²) in [5.41, 5.74) is -0.318. The highest BCUT2D eigenvalue weighted by molar-refractivity contribution is 7.99. The van der Waals surface area contributed by atoms with Crippen molar-refractivity contribution in [2.75, 3.05) is 38.4 Å². The minimum Gasteiger partial charge on any atom is -0.497 e. The number of carbonyl (C=O) groups is 1. The summed E-state index contributed by atoms with van der Waals surface area (Å²) in [5.74, 6) is 2.03. The van der Waals surface area contributed by atoms with Crippen molar-refractivity contribution >= 4 is 27.7 Å². The predicted octanol–water partition coefficient (Wildman–Crippen LogP) is 2.38. The lowest BCUT2D eigenvalue weighted by atomic mass is 10.1. The molecule has 1 amide bonds. The van der Waals surface area contributed by atoms with Crippen LogP contribution in [0.15, 0.2) is 29.2 Å². The molecule has 188 valence electrons. The molecule has 33 heavy (non-hydrogen) atoms. The first-order valence-corrected chi connectivity index (χ1v) is 13.9. The Morgan fingerprint density at radius 2 is 1.94 bits per heavy atom. The van der Waals surface area contributed by atoms with Gasteiger partial charge in [-0.25, -0.2) is 8.42 Å². The molecule has 1 aromatic rings. The average Bonchev–Trinajstić information content (AvgIpc) is 3.17. The summed E-state index contributed by atoms with van der Waals surface area (Å²) in [6, 6.07) is 6.04. The summed E-state index contributed by atoms with van der Waals surface area (Å²) < 4.78 is 33.0. The molecular weight excluding hydrogens is 462 g/mol. The van der Waals surface area contributed by atoms with Gasteiger partial charge in [-0.2, -0.15) is 4.31 Å². The first-order chi connectivity index (χ1) is 15.3. The number of amides is 1. The van der Waals surface area contributed by atoms with E-state index in [1.54, 1.807) is 23.9 Å². The van der Waals surface area contributed by atoms with Crippen molar-refractivity contribution in [1.29, 1.82) is 0 Å². The Morgan fingerprint density at radius 3 is 2.48 bits per heavy atom. The van der Waals surface area contributed by atoms with E-state index in [9.17, 15) is 18.3 Å². The van der Waals surface area contributed by atoms with Crippen LogP contribution in [-0.2, 0) is 14.8 Å². The van der Waals surface area contributed by atoms with Crippen molar-refractivity contribution < 1.29 is 23.1 Å². The normalized spacial score (nSPS) is 18.6. The maximum absolute atomic E-state index is 13.2. The van der Waals surface area contributed by atoms with Gasteiger partial charge in [-0.05, 0) is 57.4 Å². The van der Waals surface area contributed by atoms with E-state index in [4.69, 9.17) is 4.74 Å². The number of hydrogen-bond acceptors (Lipinski definition) is 7. The molecule has 0 radical (unpaired) electrons. The number of rotatable bonds is 11. The lowest BCUT2D eigenvalue weighted by Gasteiger charge is -2.29. The molecule has 1 aliphatic rings. The SMILES string of the molecule is COc1ccc(S(=O)(=O)N(CC[C@H](O)CN2CSC[C@@H]2C(=O)NC(C)(C)C)CC(C)C)cc1. The molecule has 0 spiro atoms. The number of aliphatic hydroxyl groups excluding tert-OH is 1. The highest BCUT2D eigenvalue weighted by atomic mass is 32.2. The largest absolute Gasteiger partial charge is 0.497 e. The van der Waals surface area contributed by atoms with Crippen molar-refractivity contribution in [2.24, 2.45) is 5.92 Å². The maximum atomic E-state index is 13.2. The molecule has 2 rings (SSSR count). The van der Waals surface area contributed by atoms with Crippen LogP contribution in [0.3, 0.4) is 0 Å². The third kappa shape index (κ3) is 8.43. The molecule has 0 aromatic heterocycles. The number of thioether (sulfide) groups is 1. The monoisotopic (exact) mass is 501 g/mol. The standard InChI is InChI=1S/C23H39N3O5S2/c1-17(2)13-26(33(29,30)20-9-7-19(31-6)8-10-20)12-11-18(27)14-25-16-32-15-21(25)22(28)24-23(3,4)5/h7-10,17-18,21,27H,11-16H2,1-6H3,(H,24,28)/t18-,21+/m0/s1. The quantitative estimate of drug-likeness (QED) is 0.480. The molecule has 2 atom stereocenters. The van der Waals surface area contributed by atoms with Gasteiger partial charge in [-0.3, -0.25) is 9.69 Å². The first kappa shape index (κ1) is 27.9. The Morgan fingerprint density at radius 1 is 1.30 bits per heavy atom. The van der Waals surface area contributed by atoms with Crippen molar-refractivity contribution in [3.8, 4) is 5.75 Å². The Hall–Kier alpha value is -1.33. The van der Waals surface area contributed by atoms with Crippen LogP contribution in [0.4, 0.5) is 0 Å². The molecular formula is C23H39N3O5S2. The van der Waals surface area contributed by atoms with E-state index in [2.05, 4.69) is 5.32 Å². The van der Waals surface area contributed by atoms with Crippen LogP contribution in [0.1, 0.15) is 41.0 Å². The average molecular weight is 502 g/mol. The minimum absolute atomic E-state index is 0.0387. The van der Waals surface area contributed by atoms with Crippen molar-refractivity contribution in [2.45, 2.75) is 63.6 Å². The molecule has 1 fully saturated rings. The second-order valence-electron chi connectivity index (χ2n) is 9.90. The van der Waals surface area contributed by atoms with Crippen LogP contribution in [0, 0.1) is 5.92 Å². The predicted molar refractivity (Wildman–Crippen MR) is 133 cm³/mol. The van der Waals surface area contributed by atoms with Gasteiger partial charge in [0.2, 0.25) is 15.9 Å². The summed E-state index contributed by atoms with van der Waals surface area (Å²) in [4.78, 5) is 14.8. The summed E-state index contributed by atoms with van der Waals surface area (Å²) >= 11 is 1.66. The van der Waals surface area contributed by atoms with E-state index < -0.39 is 16.1 Å². The number of benzene rings is 1. The van der Waals surface area contributed by atoms with Gasteiger partial charge in [-0.1, -0.05) is 13.8 Å². The molecule has 8 nitrogen and oxygen atoms in total. The molecule has 0 aliphatic carbocycles. The third-order valence-electron chi connectivity index (χ3n) is 5.20. The van der Waals surface area contributed by atoms with Crippen molar-refractivity contribution in [3.05, 3.63) is 24.3 Å². The summed E-state index contributed by atoms with van der Waals surface area (Å²) in [6.45, 7) is 10.6. The highest BCUT2D eigenvalue weighted by Crippen LogP contribution is 2.24. The van der Waals surface area contributed by atoms with Gasteiger partial charge >= 0.3 is 0 Å². The number of aliphatic hydroxyl groups is 1. The second kappa shape index (κ2) is 11.9. The van der Waals surface area contributed by atoms with Gasteiger partial charge < -0.3 is 15.2 Å². The molecule has 1 aliphatic heterocycles. The van der Waals surface area contributed by atoms with E-state index in [0.29, 0.717) is 30.5 Å². The fraction of sp³-hybridized carbons (Fsp3) is 0.696. The van der Waals surface area contributed by atoms with E-state index in [1.807, 2.05) is 39.5 Å². The van der Waals surface area contributed by atoms with Crippen LogP contribution in [-0.4, -0.2) is 84.7 Å². The summed E-state index contributed by atoms with van der Waals surface area (Å²) in [5, 5.41) is 13.7. The molecule has 10 heteroatoms. The van der Waals surface area contributed by atoms with Gasteiger partial charge in [0.25, 0.3) is 0 Å². The molecule has 0 saturated carbocycles. The van der Waals surface area contributed by atoms with Crippen LogP contribution >= 0.6 is 11.8 Å². The van der Waals surface area contributed by atoms with Gasteiger partial charge in [0.15, 0.2) is 0 Å². The number of hydrogen-bond donors (Lipinski definition) is 2. The Kier molecular flexibility index (Phi) is 10.0. The number of nitrogens with zero attached hydrogens (tertiary/aromatic N) is 2. The number of carbonyl (C=O) groups excluding carboxylic acids is 1. The van der Waals surface area contributed by atoms with E-state index in [1.165, 1.54) is 23.5 Å². The van der Waals surface area contributed by atoms with Crippen LogP contribution in [0.5, 0.6) is 5.75 Å². The molecule has 0 unspecified atom stereocenters. The Labute approximate surface area is 203 Å². The zero-order chi connectivity index (χ0) is 24.8. The maximum Gasteiger partial charge on any atom is 0.243 e. The number of sulfonamides is 1. The van der Waals surface area contributed by atoms with Crippen molar-refractivity contribution in [1.82, 2.24) is 14.5 Å². The van der Waals surface area contributed by atoms with Gasteiger partial charge in [0.1, 0.15) is 5.75 Å². The number of ether oxygens (including phenoxy) is 1. The zero-order valence-corrected chi connectivity index (χ0v) is 22.2. The van der Waals surface area contributed by atoms with Gasteiger partial charge in [-0.15, -0.1) is 11.8 Å². The summed E-state index contributed by atoms with van der Waals surface area (Å²) in [7, 11) is -2.17. The fourth-order valence-electron chi connectivity index (χ4n) is 3.62. The second-order valence-corrected chi connectivity index (χ2v) is 12.8. The zero-order valence-electron chi connectivity index (χ0n) is 20.6. The molecule has 1 heterocycles. The molecule has 2 N–H and O–H groups in total. The number of methoxy groups -OCH3 is 1. The Balaban J connectivity index is 2.02. The van der Waals surface area contributed by atoms with Crippen LogP contribution in [0.2, 0.25) is 0 Å². The van der Waals surface area contributed by atoms with Crippen LogP contribution < -0.4 is 10.1 Å². The minimum atomic E-state index is -3.70. The number of β-amino-alcohol motifs (C(OH)–C–C–N with tert-alkyl or cyclic N) is 1. The van der Waals surface area contributed by atoms with Crippen LogP contribution in [0.25, 0.3) is 0 Å². The smallest absolute Gasteiger partial charge is 0.243 e. The van der Waals surface area contributed by atoms with Gasteiger partial charge in [0, 0.05) is 36.8 Å². The fourth-order valence-corrected chi connectivity index (χ4v) is 6.45. The topological polar surface area (TPSA) is 99.2 Å². The first-order valence-electron chi connectivity index (χ1n) is 11.3. The van der Waals surface area contributed by atoms with E-state index in [0.717, 1.165) is 0 Å². The highest BCUT2D eigenvalue weighted by Gasteiger charge is 2.34. The van der Waals surface area contributed by atoms with Gasteiger partial charge in [0.05, 0.1) is 24.2 Å². The van der Waals surface area contributed by atoms with E-state index >= 15 is 0 Å². The summed E-state index contributed by atoms with van der Waals surface area (Å²) in [6.07, 6.45) is -0.453. The van der Waals surface area contributed by atoms with E-state index in [-0.39, 0.29) is 41.3 Å². The third-order valence-corrected chi connectivity index (χ3v) is 8.14. The number of nitrogens with one attached hydrogen (secondary N) is 1. The lowest BCUT2D eigenvalue weighted by molar-refractivity contribution is -0.126. The lowest BCUT2D eigenvalue weighted by Crippen LogP contribution is -2.52. The molecule has 1 aromatic carbocycles. The van der Waals surface area contributed by atoms with Crippen molar-refractivity contribution in [3.63, 3.8) is 0 Å².